The number of hydrogen-bond acceptors (Lipinski definition) is 5. The number of nitrogens with zero attached hydrogens (tertiary/aromatic N) is 3. The van der Waals surface area contributed by atoms with E-state index in [4.69, 9.17) is 10.3 Å². The zero-order chi connectivity index (χ0) is 15.8. The van der Waals surface area contributed by atoms with Crippen LogP contribution in [0.4, 0.5) is 5.69 Å². The minimum Gasteiger partial charge on any atom is -0.452 e. The fraction of sp³-hybridized carbons (Fsp3) is 0.308. The van der Waals surface area contributed by atoms with Gasteiger partial charge in [-0.1, -0.05) is 6.92 Å². The van der Waals surface area contributed by atoms with E-state index in [0.29, 0.717) is 12.0 Å². The maximum absolute atomic E-state index is 11.6. The third-order valence-corrected chi connectivity index (χ3v) is 2.55. The molecule has 1 aromatic carbocycles. The fourth-order valence-electron chi connectivity index (χ4n) is 1.49. The number of Topliss-reactive ketones (excluding diaryl/α,β-unsaturated/α-hetero) is 1. The molecular formula is C13H13N3O5. The number of non-ortho nitro benzene ring substituents is 1. The Morgan fingerprint density at radius 3 is 2.43 bits per heavy atom. The highest BCUT2D eigenvalue weighted by Crippen LogP contribution is 2.12. The van der Waals surface area contributed by atoms with Gasteiger partial charge in [0.2, 0.25) is 0 Å². The monoisotopic (exact) mass is 291 g/mol. The van der Waals surface area contributed by atoms with Crippen LogP contribution in [0.25, 0.3) is 5.53 Å². The number of carbonyl (C=O) groups excluding carboxylic acids is 2. The molecule has 1 aromatic rings. The number of nitro groups is 1. The van der Waals surface area contributed by atoms with Crippen molar-refractivity contribution in [3.8, 4) is 0 Å². The van der Waals surface area contributed by atoms with Crippen LogP contribution < -0.4 is 0 Å². The Morgan fingerprint density at radius 1 is 1.33 bits per heavy atom. The normalized spacial score (nSPS) is 9.57. The number of ether oxygens (including phenoxy) is 1. The smallest absolute Gasteiger partial charge is 0.441 e. The van der Waals surface area contributed by atoms with E-state index in [1.807, 2.05) is 0 Å². The Hall–Kier alpha value is -2.86. The molecule has 0 unspecified atom stereocenters. The zero-order valence-electron chi connectivity index (χ0n) is 11.3. The van der Waals surface area contributed by atoms with Crippen LogP contribution in [0.15, 0.2) is 24.3 Å². The van der Waals surface area contributed by atoms with Gasteiger partial charge in [-0.25, -0.2) is 4.79 Å². The summed E-state index contributed by atoms with van der Waals surface area (Å²) in [5.74, 6) is -1.64. The molecule has 0 heterocycles. The molecule has 0 aliphatic rings. The highest BCUT2D eigenvalue weighted by molar-refractivity contribution is 6.62. The van der Waals surface area contributed by atoms with Crippen molar-refractivity contribution in [3.63, 3.8) is 0 Å². The third-order valence-electron chi connectivity index (χ3n) is 2.55. The van der Waals surface area contributed by atoms with Gasteiger partial charge in [0.1, 0.15) is 6.61 Å². The van der Waals surface area contributed by atoms with Gasteiger partial charge in [-0.15, -0.1) is 0 Å². The van der Waals surface area contributed by atoms with E-state index in [-0.39, 0.29) is 18.7 Å². The maximum Gasteiger partial charge on any atom is 0.441 e. The van der Waals surface area contributed by atoms with E-state index >= 15 is 0 Å². The van der Waals surface area contributed by atoms with Crippen molar-refractivity contribution < 1.29 is 24.0 Å². The lowest BCUT2D eigenvalue weighted by Crippen LogP contribution is -2.27. The molecule has 0 fully saturated rings. The quantitative estimate of drug-likeness (QED) is 0.144. The van der Waals surface area contributed by atoms with Crippen molar-refractivity contribution in [2.75, 3.05) is 0 Å². The summed E-state index contributed by atoms with van der Waals surface area (Å²) in [7, 11) is 0. The number of nitro benzene ring substituents is 1. The molecule has 0 saturated heterocycles. The molecule has 8 heteroatoms. The van der Waals surface area contributed by atoms with Crippen LogP contribution in [0.5, 0.6) is 0 Å². The number of ketones is 1. The highest BCUT2D eigenvalue weighted by atomic mass is 16.6. The van der Waals surface area contributed by atoms with Gasteiger partial charge in [0.05, 0.1) is 4.92 Å². The summed E-state index contributed by atoms with van der Waals surface area (Å²) in [5, 5.41) is 10.5. The Balaban J connectivity index is 2.65. The lowest BCUT2D eigenvalue weighted by Gasteiger charge is -2.02. The lowest BCUT2D eigenvalue weighted by atomic mass is 10.1. The van der Waals surface area contributed by atoms with E-state index in [0.717, 1.165) is 0 Å². The van der Waals surface area contributed by atoms with Crippen LogP contribution in [0.1, 0.15) is 25.3 Å². The Morgan fingerprint density at radius 2 is 1.95 bits per heavy atom. The van der Waals surface area contributed by atoms with Crippen LogP contribution in [-0.2, 0) is 20.9 Å². The van der Waals surface area contributed by atoms with Crippen LogP contribution >= 0.6 is 0 Å². The van der Waals surface area contributed by atoms with Gasteiger partial charge in [0, 0.05) is 18.6 Å². The Bertz CT molecular complexity index is 603. The van der Waals surface area contributed by atoms with Gasteiger partial charge < -0.3 is 10.3 Å². The van der Waals surface area contributed by atoms with Crippen molar-refractivity contribution in [2.24, 2.45) is 0 Å². The summed E-state index contributed by atoms with van der Waals surface area (Å²) >= 11 is 0. The minimum atomic E-state index is -1.03. The van der Waals surface area contributed by atoms with E-state index in [2.05, 4.69) is 4.79 Å². The number of esters is 1. The van der Waals surface area contributed by atoms with Crippen molar-refractivity contribution in [2.45, 2.75) is 26.4 Å². The first-order valence-corrected chi connectivity index (χ1v) is 6.15. The molecule has 0 N–H and O–H groups in total. The van der Waals surface area contributed by atoms with Crippen molar-refractivity contribution in [1.29, 1.82) is 0 Å². The molecule has 0 bridgehead atoms. The molecule has 0 aliphatic heterocycles. The second-order valence-corrected chi connectivity index (χ2v) is 4.12. The Kier molecular flexibility index (Phi) is 5.91. The largest absolute Gasteiger partial charge is 0.452 e. The lowest BCUT2D eigenvalue weighted by molar-refractivity contribution is -0.384. The van der Waals surface area contributed by atoms with E-state index in [1.54, 1.807) is 6.92 Å². The predicted molar refractivity (Wildman–Crippen MR) is 71.4 cm³/mol. The van der Waals surface area contributed by atoms with Crippen molar-refractivity contribution >= 4 is 23.2 Å². The first kappa shape index (κ1) is 16.2. The van der Waals surface area contributed by atoms with Crippen LogP contribution in [0, 0.1) is 10.1 Å². The average Bonchev–Trinajstić information content (AvgIpc) is 2.46. The minimum absolute atomic E-state index is 0.0754. The molecule has 0 aliphatic carbocycles. The molecule has 0 saturated carbocycles. The SMILES string of the molecule is CCCC(=O)C(=[N+]=[N-])C(=O)OCc1ccc([N+](=O)[O-])cc1. The molecular weight excluding hydrogens is 278 g/mol. The molecule has 21 heavy (non-hydrogen) atoms. The maximum atomic E-state index is 11.6. The summed E-state index contributed by atoms with van der Waals surface area (Å²) in [5.41, 5.74) is 8.45. The van der Waals surface area contributed by atoms with E-state index in [9.17, 15) is 19.7 Å². The number of hydrogen-bond donors (Lipinski definition) is 0. The summed E-state index contributed by atoms with van der Waals surface area (Å²) in [6, 6.07) is 5.39. The second-order valence-electron chi connectivity index (χ2n) is 4.12. The summed E-state index contributed by atoms with van der Waals surface area (Å²) < 4.78 is 4.83. The second kappa shape index (κ2) is 7.66. The van der Waals surface area contributed by atoms with Gasteiger partial charge in [0.15, 0.2) is 0 Å². The molecule has 0 atom stereocenters. The number of rotatable bonds is 7. The molecule has 0 spiro atoms. The van der Waals surface area contributed by atoms with Crippen LogP contribution in [0.3, 0.4) is 0 Å². The van der Waals surface area contributed by atoms with Gasteiger partial charge in [-0.2, -0.15) is 4.79 Å². The first-order chi connectivity index (χ1) is 9.99. The standard InChI is InChI=1S/C13H13N3O5/c1-2-3-11(17)12(15-14)13(18)21-8-9-4-6-10(7-5-9)16(19)20/h4-7H,2-3,8H2,1H3. The molecule has 0 amide bonds. The number of benzene rings is 1. The molecule has 1 rings (SSSR count). The van der Waals surface area contributed by atoms with Crippen molar-refractivity contribution in [3.05, 3.63) is 45.5 Å². The molecule has 0 radical (unpaired) electrons. The van der Waals surface area contributed by atoms with Crippen molar-refractivity contribution in [1.82, 2.24) is 0 Å². The van der Waals surface area contributed by atoms with Gasteiger partial charge >= 0.3 is 11.7 Å². The predicted octanol–water partition coefficient (Wildman–Crippen LogP) is 1.68. The average molecular weight is 291 g/mol. The van der Waals surface area contributed by atoms with Gasteiger partial charge in [0.25, 0.3) is 11.5 Å². The third kappa shape index (κ3) is 4.63. The first-order valence-electron chi connectivity index (χ1n) is 6.15. The molecule has 8 nitrogen and oxygen atoms in total. The van der Waals surface area contributed by atoms with Gasteiger partial charge in [-0.05, 0) is 24.1 Å². The van der Waals surface area contributed by atoms with Crippen LogP contribution in [-0.4, -0.2) is 27.2 Å². The summed E-state index contributed by atoms with van der Waals surface area (Å²) in [4.78, 5) is 35.7. The highest BCUT2D eigenvalue weighted by Gasteiger charge is 2.30. The van der Waals surface area contributed by atoms with E-state index < -0.39 is 22.4 Å². The summed E-state index contributed by atoms with van der Waals surface area (Å²) in [6.07, 6.45) is 0.583. The molecule has 0 aromatic heterocycles. The fourth-order valence-corrected chi connectivity index (χ4v) is 1.49. The van der Waals surface area contributed by atoms with Crippen LogP contribution in [0.2, 0.25) is 0 Å². The number of carbonyl (C=O) groups is 2. The topological polar surface area (TPSA) is 123 Å². The Labute approximate surface area is 120 Å². The molecule has 110 valence electrons. The van der Waals surface area contributed by atoms with E-state index in [1.165, 1.54) is 24.3 Å². The van der Waals surface area contributed by atoms with Gasteiger partial charge in [-0.3, -0.25) is 14.9 Å². The zero-order valence-corrected chi connectivity index (χ0v) is 11.3. The summed E-state index contributed by atoms with van der Waals surface area (Å²) in [6.45, 7) is 1.56.